The van der Waals surface area contributed by atoms with Gasteiger partial charge in [0.05, 0.1) is 24.2 Å². The van der Waals surface area contributed by atoms with Crippen LogP contribution in [0.2, 0.25) is 0 Å². The molecular weight excluding hydrogens is 318 g/mol. The Hall–Kier alpha value is -1.89. The molecule has 0 aliphatic carbocycles. The summed E-state index contributed by atoms with van der Waals surface area (Å²) in [6.07, 6.45) is 0.533. The monoisotopic (exact) mass is 339 g/mol. The molecule has 6 nitrogen and oxygen atoms in total. The lowest BCUT2D eigenvalue weighted by atomic mass is 10.0. The Bertz CT molecular complexity index is 711. The van der Waals surface area contributed by atoms with E-state index < -0.39 is 9.84 Å². The number of carbonyl (C=O) groups excluding carboxylic acids is 2. The Labute approximate surface area is 136 Å². The molecule has 0 bridgehead atoms. The zero-order valence-electron chi connectivity index (χ0n) is 13.3. The molecule has 0 radical (unpaired) electrons. The summed E-state index contributed by atoms with van der Waals surface area (Å²) in [6.45, 7) is 1.88. The summed E-state index contributed by atoms with van der Waals surface area (Å²) in [5.41, 5.74) is 1.40. The molecule has 2 rings (SSSR count). The van der Waals surface area contributed by atoms with Crippen LogP contribution in [0.5, 0.6) is 5.75 Å². The molecule has 1 aromatic rings. The van der Waals surface area contributed by atoms with E-state index in [0.29, 0.717) is 17.7 Å². The fourth-order valence-corrected chi connectivity index (χ4v) is 4.28. The number of ether oxygens (including phenoxy) is 1. The van der Waals surface area contributed by atoms with Crippen molar-refractivity contribution >= 4 is 21.5 Å². The van der Waals surface area contributed by atoms with Crippen LogP contribution in [0, 0.1) is 6.92 Å². The predicted molar refractivity (Wildman–Crippen MR) is 86.5 cm³/mol. The number of methoxy groups -OCH3 is 1. The van der Waals surface area contributed by atoms with Crippen LogP contribution in [0.3, 0.4) is 0 Å². The van der Waals surface area contributed by atoms with E-state index >= 15 is 0 Å². The largest absolute Gasteiger partial charge is 0.496 e. The van der Waals surface area contributed by atoms with Crippen molar-refractivity contribution in [3.63, 3.8) is 0 Å². The molecule has 1 aliphatic heterocycles. The molecule has 1 atom stereocenters. The van der Waals surface area contributed by atoms with Crippen molar-refractivity contribution in [2.45, 2.75) is 32.2 Å². The lowest BCUT2D eigenvalue weighted by Crippen LogP contribution is -2.35. The van der Waals surface area contributed by atoms with Gasteiger partial charge in [0.15, 0.2) is 15.6 Å². The van der Waals surface area contributed by atoms with Crippen molar-refractivity contribution < 1.29 is 22.7 Å². The number of ketones is 1. The zero-order chi connectivity index (χ0) is 17.0. The van der Waals surface area contributed by atoms with Gasteiger partial charge in [-0.25, -0.2) is 8.42 Å². The highest BCUT2D eigenvalue weighted by Gasteiger charge is 2.28. The summed E-state index contributed by atoms with van der Waals surface area (Å²) in [4.78, 5) is 24.1. The first-order chi connectivity index (χ1) is 10.8. The van der Waals surface area contributed by atoms with Gasteiger partial charge in [0.25, 0.3) is 0 Å². The number of hydrogen-bond donors (Lipinski definition) is 1. The molecule has 1 heterocycles. The molecule has 0 spiro atoms. The Morgan fingerprint density at radius 1 is 1.30 bits per heavy atom. The van der Waals surface area contributed by atoms with Crippen LogP contribution < -0.4 is 10.1 Å². The van der Waals surface area contributed by atoms with E-state index in [9.17, 15) is 18.0 Å². The maximum absolute atomic E-state index is 12.3. The van der Waals surface area contributed by atoms with Crippen molar-refractivity contribution in [2.24, 2.45) is 0 Å². The van der Waals surface area contributed by atoms with E-state index in [0.717, 1.165) is 5.56 Å². The molecule has 1 N–H and O–H groups in total. The third-order valence-corrected chi connectivity index (χ3v) is 5.60. The zero-order valence-corrected chi connectivity index (χ0v) is 14.1. The van der Waals surface area contributed by atoms with Gasteiger partial charge < -0.3 is 10.1 Å². The number of benzene rings is 1. The molecule has 1 amide bonds. The van der Waals surface area contributed by atoms with Crippen molar-refractivity contribution in [3.05, 3.63) is 29.3 Å². The molecular formula is C16H21NO5S. The van der Waals surface area contributed by atoms with Crippen molar-refractivity contribution in [1.29, 1.82) is 0 Å². The smallest absolute Gasteiger partial charge is 0.220 e. The second-order valence-corrected chi connectivity index (χ2v) is 8.02. The summed E-state index contributed by atoms with van der Waals surface area (Å²) >= 11 is 0. The number of aryl methyl sites for hydroxylation is 1. The van der Waals surface area contributed by atoms with Crippen molar-refractivity contribution in [1.82, 2.24) is 5.32 Å². The van der Waals surface area contributed by atoms with Gasteiger partial charge in [-0.15, -0.1) is 0 Å². The van der Waals surface area contributed by atoms with E-state index in [1.807, 2.05) is 13.0 Å². The summed E-state index contributed by atoms with van der Waals surface area (Å²) in [5, 5.41) is 2.68. The molecule has 1 fully saturated rings. The Kier molecular flexibility index (Phi) is 5.41. The molecule has 126 valence electrons. The minimum Gasteiger partial charge on any atom is -0.496 e. The Morgan fingerprint density at radius 2 is 2.04 bits per heavy atom. The van der Waals surface area contributed by atoms with Gasteiger partial charge in [0, 0.05) is 18.9 Å². The maximum atomic E-state index is 12.3. The van der Waals surface area contributed by atoms with Gasteiger partial charge in [-0.3, -0.25) is 9.59 Å². The Balaban J connectivity index is 1.89. The van der Waals surface area contributed by atoms with E-state index in [-0.39, 0.29) is 42.1 Å². The summed E-state index contributed by atoms with van der Waals surface area (Å²) < 4.78 is 27.9. The standard InChI is InChI=1S/C16H21NO5S/c1-11-3-5-15(22-2)13(9-11)14(18)4-6-16(19)17-12-7-8-23(20,21)10-12/h3,5,9,12H,4,6-8,10H2,1-2H3,(H,17,19). The third-order valence-electron chi connectivity index (χ3n) is 3.83. The maximum Gasteiger partial charge on any atom is 0.220 e. The lowest BCUT2D eigenvalue weighted by Gasteiger charge is -2.11. The molecule has 0 aromatic heterocycles. The third kappa shape index (κ3) is 4.79. The summed E-state index contributed by atoms with van der Waals surface area (Å²) in [7, 11) is -1.53. The second-order valence-electron chi connectivity index (χ2n) is 5.79. The van der Waals surface area contributed by atoms with Crippen LogP contribution in [0.25, 0.3) is 0 Å². The molecule has 1 aliphatic rings. The topological polar surface area (TPSA) is 89.5 Å². The van der Waals surface area contributed by atoms with Gasteiger partial charge in [-0.2, -0.15) is 0 Å². The first-order valence-corrected chi connectivity index (χ1v) is 9.30. The van der Waals surface area contributed by atoms with E-state index in [4.69, 9.17) is 4.74 Å². The number of rotatable bonds is 6. The van der Waals surface area contributed by atoms with Gasteiger partial charge in [-0.05, 0) is 25.5 Å². The van der Waals surface area contributed by atoms with Crippen LogP contribution in [-0.2, 0) is 14.6 Å². The number of amides is 1. The van der Waals surface area contributed by atoms with Crippen LogP contribution in [0.1, 0.15) is 35.2 Å². The average molecular weight is 339 g/mol. The fraction of sp³-hybridized carbons (Fsp3) is 0.500. The molecule has 7 heteroatoms. The molecule has 1 aromatic carbocycles. The number of sulfone groups is 1. The van der Waals surface area contributed by atoms with Crippen LogP contribution >= 0.6 is 0 Å². The Morgan fingerprint density at radius 3 is 2.65 bits per heavy atom. The molecule has 0 saturated carbocycles. The lowest BCUT2D eigenvalue weighted by molar-refractivity contribution is -0.121. The van der Waals surface area contributed by atoms with Crippen molar-refractivity contribution in [3.8, 4) is 5.75 Å². The summed E-state index contributed by atoms with van der Waals surface area (Å²) in [5.74, 6) is 0.116. The SMILES string of the molecule is COc1ccc(C)cc1C(=O)CCC(=O)NC1CCS(=O)(=O)C1. The fourth-order valence-electron chi connectivity index (χ4n) is 2.61. The van der Waals surface area contributed by atoms with Crippen molar-refractivity contribution in [2.75, 3.05) is 18.6 Å². The normalized spacial score (nSPS) is 19.3. The minimum absolute atomic E-state index is 0.0155. The minimum atomic E-state index is -3.03. The molecule has 23 heavy (non-hydrogen) atoms. The van der Waals surface area contributed by atoms with Crippen LogP contribution in [0.15, 0.2) is 18.2 Å². The average Bonchev–Trinajstić information content (AvgIpc) is 2.83. The number of carbonyl (C=O) groups is 2. The highest BCUT2D eigenvalue weighted by Crippen LogP contribution is 2.21. The van der Waals surface area contributed by atoms with E-state index in [1.165, 1.54) is 7.11 Å². The first kappa shape index (κ1) is 17.5. The van der Waals surface area contributed by atoms with Gasteiger partial charge in [0.2, 0.25) is 5.91 Å². The van der Waals surface area contributed by atoms with Gasteiger partial charge in [0.1, 0.15) is 5.75 Å². The highest BCUT2D eigenvalue weighted by molar-refractivity contribution is 7.91. The highest BCUT2D eigenvalue weighted by atomic mass is 32.2. The number of hydrogen-bond acceptors (Lipinski definition) is 5. The number of nitrogens with one attached hydrogen (secondary N) is 1. The quantitative estimate of drug-likeness (QED) is 0.788. The number of Topliss-reactive ketones (excluding diaryl/α,β-unsaturated/α-hetero) is 1. The molecule has 1 unspecified atom stereocenters. The summed E-state index contributed by atoms with van der Waals surface area (Å²) in [6, 6.07) is 4.98. The van der Waals surface area contributed by atoms with E-state index in [1.54, 1.807) is 12.1 Å². The van der Waals surface area contributed by atoms with Crippen LogP contribution in [0.4, 0.5) is 0 Å². The van der Waals surface area contributed by atoms with E-state index in [2.05, 4.69) is 5.32 Å². The predicted octanol–water partition coefficient (Wildman–Crippen LogP) is 1.27. The van der Waals surface area contributed by atoms with Gasteiger partial charge >= 0.3 is 0 Å². The van der Waals surface area contributed by atoms with Crippen LogP contribution in [-0.4, -0.2) is 44.8 Å². The second kappa shape index (κ2) is 7.12. The molecule has 1 saturated heterocycles. The first-order valence-electron chi connectivity index (χ1n) is 7.48. The van der Waals surface area contributed by atoms with Gasteiger partial charge in [-0.1, -0.05) is 11.6 Å².